The number of carbonyl (C=O) groups is 2. The van der Waals surface area contributed by atoms with Gasteiger partial charge < -0.3 is 15.7 Å². The van der Waals surface area contributed by atoms with Crippen LogP contribution in [0.5, 0.6) is 0 Å². The van der Waals surface area contributed by atoms with Gasteiger partial charge in [-0.15, -0.1) is 0 Å². The number of carbonyl (C=O) groups excluding carboxylic acids is 1. The number of nitrogens with zero attached hydrogens (tertiary/aromatic N) is 1. The Bertz CT molecular complexity index is 591. The summed E-state index contributed by atoms with van der Waals surface area (Å²) < 4.78 is 0.492. The SMILES string of the molecule is Cc1cc(Br)c(NC(=O)NC(C)CC(=O)O)cc1[N+](=O)[O-]. The number of aryl methyl sites for hydroxylation is 1. The highest BCUT2D eigenvalue weighted by Gasteiger charge is 2.17. The first-order valence-corrected chi connectivity index (χ1v) is 6.74. The molecule has 0 aliphatic rings. The van der Waals surface area contributed by atoms with E-state index in [1.54, 1.807) is 13.8 Å². The van der Waals surface area contributed by atoms with Gasteiger partial charge in [0.15, 0.2) is 0 Å². The molecule has 1 atom stereocenters. The zero-order valence-electron chi connectivity index (χ0n) is 11.3. The van der Waals surface area contributed by atoms with E-state index in [1.807, 2.05) is 0 Å². The second-order valence-corrected chi connectivity index (χ2v) is 5.33. The van der Waals surface area contributed by atoms with E-state index in [0.29, 0.717) is 10.0 Å². The molecule has 0 saturated carbocycles. The Morgan fingerprint density at radius 3 is 2.62 bits per heavy atom. The van der Waals surface area contributed by atoms with Gasteiger partial charge in [-0.1, -0.05) is 0 Å². The Morgan fingerprint density at radius 2 is 2.10 bits per heavy atom. The molecule has 0 spiro atoms. The monoisotopic (exact) mass is 359 g/mol. The quantitative estimate of drug-likeness (QED) is 0.550. The summed E-state index contributed by atoms with van der Waals surface area (Å²) in [5.74, 6) is -1.03. The Balaban J connectivity index is 2.83. The van der Waals surface area contributed by atoms with Gasteiger partial charge in [0.25, 0.3) is 5.69 Å². The standard InChI is InChI=1S/C12H14BrN3O5/c1-6-3-8(13)9(5-10(6)16(20)21)15-12(19)14-7(2)4-11(17)18/h3,5,7H,4H2,1-2H3,(H,17,18)(H2,14,15,19). The predicted octanol–water partition coefficient (Wildman–Crippen LogP) is 2.65. The number of aliphatic carboxylic acids is 1. The third-order valence-corrected chi connectivity index (χ3v) is 3.24. The molecule has 2 amide bonds. The number of hydrogen-bond donors (Lipinski definition) is 3. The van der Waals surface area contributed by atoms with Crippen LogP contribution in [0.2, 0.25) is 0 Å². The molecule has 0 radical (unpaired) electrons. The third-order valence-electron chi connectivity index (χ3n) is 2.59. The molecule has 0 fully saturated rings. The zero-order valence-corrected chi connectivity index (χ0v) is 12.9. The lowest BCUT2D eigenvalue weighted by Crippen LogP contribution is -2.37. The molecule has 0 heterocycles. The van der Waals surface area contributed by atoms with Crippen molar-refractivity contribution in [3.63, 3.8) is 0 Å². The average molecular weight is 360 g/mol. The normalized spacial score (nSPS) is 11.6. The van der Waals surface area contributed by atoms with Gasteiger partial charge in [0, 0.05) is 22.1 Å². The molecular weight excluding hydrogens is 346 g/mol. The fourth-order valence-electron chi connectivity index (χ4n) is 1.65. The molecule has 0 aliphatic carbocycles. The summed E-state index contributed by atoms with van der Waals surface area (Å²) in [5.41, 5.74) is 0.566. The molecule has 0 aliphatic heterocycles. The number of nitro benzene ring substituents is 1. The van der Waals surface area contributed by atoms with E-state index in [1.165, 1.54) is 12.1 Å². The van der Waals surface area contributed by atoms with Crippen LogP contribution < -0.4 is 10.6 Å². The molecule has 1 aromatic rings. The first-order valence-electron chi connectivity index (χ1n) is 5.94. The maximum atomic E-state index is 11.7. The summed E-state index contributed by atoms with van der Waals surface area (Å²) in [7, 11) is 0. The lowest BCUT2D eigenvalue weighted by molar-refractivity contribution is -0.385. The van der Waals surface area contributed by atoms with E-state index in [9.17, 15) is 19.7 Å². The van der Waals surface area contributed by atoms with E-state index < -0.39 is 23.0 Å². The maximum Gasteiger partial charge on any atom is 0.319 e. The number of benzene rings is 1. The summed E-state index contributed by atoms with van der Waals surface area (Å²) in [6.45, 7) is 3.13. The number of halogens is 1. The number of nitro groups is 1. The van der Waals surface area contributed by atoms with Crippen LogP contribution >= 0.6 is 15.9 Å². The van der Waals surface area contributed by atoms with Crippen LogP contribution in [0.3, 0.4) is 0 Å². The summed E-state index contributed by atoms with van der Waals surface area (Å²) >= 11 is 3.21. The average Bonchev–Trinajstić information content (AvgIpc) is 2.30. The van der Waals surface area contributed by atoms with Crippen LogP contribution in [0.25, 0.3) is 0 Å². The van der Waals surface area contributed by atoms with Gasteiger partial charge >= 0.3 is 12.0 Å². The van der Waals surface area contributed by atoms with Gasteiger partial charge in [-0.25, -0.2) is 4.79 Å². The number of hydrogen-bond acceptors (Lipinski definition) is 4. The first-order chi connectivity index (χ1) is 9.70. The van der Waals surface area contributed by atoms with E-state index in [-0.39, 0.29) is 17.8 Å². The van der Waals surface area contributed by atoms with Crippen molar-refractivity contribution in [2.24, 2.45) is 0 Å². The Kier molecular flexibility index (Phi) is 5.65. The van der Waals surface area contributed by atoms with E-state index in [2.05, 4.69) is 26.6 Å². The number of anilines is 1. The highest BCUT2D eigenvalue weighted by atomic mass is 79.9. The number of carboxylic acids is 1. The lowest BCUT2D eigenvalue weighted by atomic mass is 10.2. The molecule has 21 heavy (non-hydrogen) atoms. The molecule has 0 bridgehead atoms. The number of urea groups is 1. The first kappa shape index (κ1) is 16.9. The van der Waals surface area contributed by atoms with Crippen LogP contribution in [0.1, 0.15) is 18.9 Å². The fraction of sp³-hybridized carbons (Fsp3) is 0.333. The second-order valence-electron chi connectivity index (χ2n) is 4.47. The minimum absolute atomic E-state index is 0.118. The largest absolute Gasteiger partial charge is 0.481 e. The summed E-state index contributed by atoms with van der Waals surface area (Å²) in [4.78, 5) is 32.5. The van der Waals surface area contributed by atoms with Crippen molar-refractivity contribution in [1.82, 2.24) is 5.32 Å². The molecule has 1 rings (SSSR count). The highest BCUT2D eigenvalue weighted by molar-refractivity contribution is 9.10. The maximum absolute atomic E-state index is 11.7. The summed E-state index contributed by atoms with van der Waals surface area (Å²) in [5, 5.41) is 24.3. The molecule has 0 saturated heterocycles. The molecule has 114 valence electrons. The van der Waals surface area contributed by atoms with E-state index in [0.717, 1.165) is 0 Å². The van der Waals surface area contributed by atoms with Crippen LogP contribution in [-0.4, -0.2) is 28.1 Å². The molecule has 1 aromatic carbocycles. The second kappa shape index (κ2) is 7.02. The zero-order chi connectivity index (χ0) is 16.2. The van der Waals surface area contributed by atoms with Crippen LogP contribution in [0.4, 0.5) is 16.2 Å². The number of amides is 2. The minimum Gasteiger partial charge on any atom is -0.481 e. The molecular formula is C12H14BrN3O5. The highest BCUT2D eigenvalue weighted by Crippen LogP contribution is 2.30. The van der Waals surface area contributed by atoms with Gasteiger partial charge in [-0.2, -0.15) is 0 Å². The Labute approximate surface area is 128 Å². The van der Waals surface area contributed by atoms with Crippen molar-refractivity contribution in [3.05, 3.63) is 32.3 Å². The van der Waals surface area contributed by atoms with Crippen LogP contribution in [0.15, 0.2) is 16.6 Å². The van der Waals surface area contributed by atoms with E-state index >= 15 is 0 Å². The topological polar surface area (TPSA) is 122 Å². The summed E-state index contributed by atoms with van der Waals surface area (Å²) in [6, 6.07) is 1.55. The lowest BCUT2D eigenvalue weighted by Gasteiger charge is -2.13. The van der Waals surface area contributed by atoms with Crippen molar-refractivity contribution in [2.75, 3.05) is 5.32 Å². The number of nitrogens with one attached hydrogen (secondary N) is 2. The van der Waals surface area contributed by atoms with Crippen LogP contribution in [0, 0.1) is 17.0 Å². The molecule has 8 nitrogen and oxygen atoms in total. The van der Waals surface area contributed by atoms with Crippen molar-refractivity contribution >= 4 is 39.3 Å². The van der Waals surface area contributed by atoms with Gasteiger partial charge in [-0.05, 0) is 35.8 Å². The number of carboxylic acid groups (broad SMARTS) is 1. The van der Waals surface area contributed by atoms with Crippen molar-refractivity contribution in [1.29, 1.82) is 0 Å². The van der Waals surface area contributed by atoms with E-state index in [4.69, 9.17) is 5.11 Å². The Hall–Kier alpha value is -2.16. The third kappa shape index (κ3) is 5.03. The Morgan fingerprint density at radius 1 is 1.48 bits per heavy atom. The fourth-order valence-corrected chi connectivity index (χ4v) is 2.21. The van der Waals surface area contributed by atoms with Crippen molar-refractivity contribution < 1.29 is 19.6 Å². The van der Waals surface area contributed by atoms with Gasteiger partial charge in [0.05, 0.1) is 17.0 Å². The smallest absolute Gasteiger partial charge is 0.319 e. The molecule has 1 unspecified atom stereocenters. The molecule has 0 aromatic heterocycles. The van der Waals surface area contributed by atoms with Gasteiger partial charge in [-0.3, -0.25) is 14.9 Å². The van der Waals surface area contributed by atoms with Crippen molar-refractivity contribution in [2.45, 2.75) is 26.3 Å². The van der Waals surface area contributed by atoms with Crippen LogP contribution in [-0.2, 0) is 4.79 Å². The predicted molar refractivity (Wildman–Crippen MR) is 79.4 cm³/mol. The van der Waals surface area contributed by atoms with Crippen molar-refractivity contribution in [3.8, 4) is 0 Å². The molecule has 3 N–H and O–H groups in total. The summed E-state index contributed by atoms with van der Waals surface area (Å²) in [6.07, 6.45) is -0.220. The number of rotatable bonds is 5. The van der Waals surface area contributed by atoms with Gasteiger partial charge in [0.1, 0.15) is 0 Å². The minimum atomic E-state index is -1.03. The molecule has 9 heteroatoms. The van der Waals surface area contributed by atoms with Gasteiger partial charge in [0.2, 0.25) is 0 Å².